The van der Waals surface area contributed by atoms with Crippen LogP contribution in [0.2, 0.25) is 0 Å². The highest BCUT2D eigenvalue weighted by Crippen LogP contribution is 2.31. The molecule has 1 fully saturated rings. The van der Waals surface area contributed by atoms with E-state index in [1.165, 1.54) is 0 Å². The Balaban J connectivity index is 1.86. The predicted octanol–water partition coefficient (Wildman–Crippen LogP) is 1.53. The van der Waals surface area contributed by atoms with E-state index in [1.54, 1.807) is 17.8 Å². The molecule has 3 aromatic heterocycles. The SMILES string of the molecule is COc1cc(-c2cn(C3CNC3)nc2C)cn2ncc(C#N)c12. The first-order valence-electron chi connectivity index (χ1n) is 7.43. The largest absolute Gasteiger partial charge is 0.494 e. The van der Waals surface area contributed by atoms with E-state index in [9.17, 15) is 5.26 Å². The van der Waals surface area contributed by atoms with Crippen LogP contribution in [0.3, 0.4) is 0 Å². The van der Waals surface area contributed by atoms with Crippen molar-refractivity contribution in [2.45, 2.75) is 13.0 Å². The Labute approximate surface area is 133 Å². The van der Waals surface area contributed by atoms with E-state index < -0.39 is 0 Å². The predicted molar refractivity (Wildman–Crippen MR) is 84.3 cm³/mol. The number of rotatable bonds is 3. The van der Waals surface area contributed by atoms with Crippen LogP contribution in [0.1, 0.15) is 17.3 Å². The standard InChI is InChI=1S/C16H16N6O/c1-10-14(9-21(20-10)13-6-18-7-13)11-3-15(23-2)16-12(4-17)5-19-22(16)8-11/h3,5,8-9,13,18H,6-7H2,1-2H3. The summed E-state index contributed by atoms with van der Waals surface area (Å²) >= 11 is 0. The minimum absolute atomic E-state index is 0.419. The summed E-state index contributed by atoms with van der Waals surface area (Å²) in [6.07, 6.45) is 5.53. The minimum Gasteiger partial charge on any atom is -0.494 e. The van der Waals surface area contributed by atoms with Crippen molar-refractivity contribution in [3.8, 4) is 22.9 Å². The van der Waals surface area contributed by atoms with Crippen molar-refractivity contribution in [1.29, 1.82) is 5.26 Å². The molecule has 1 saturated heterocycles. The van der Waals surface area contributed by atoms with Gasteiger partial charge in [0.15, 0.2) is 0 Å². The third-order valence-corrected chi connectivity index (χ3v) is 4.28. The lowest BCUT2D eigenvalue weighted by Crippen LogP contribution is -2.43. The first-order valence-corrected chi connectivity index (χ1v) is 7.43. The number of aromatic nitrogens is 4. The molecule has 4 heterocycles. The number of fused-ring (bicyclic) bond motifs is 1. The van der Waals surface area contributed by atoms with E-state index in [2.05, 4.69) is 27.8 Å². The van der Waals surface area contributed by atoms with Gasteiger partial charge in [-0.25, -0.2) is 4.52 Å². The van der Waals surface area contributed by atoms with Crippen LogP contribution in [-0.2, 0) is 0 Å². The molecule has 0 amide bonds. The van der Waals surface area contributed by atoms with Gasteiger partial charge in [0.2, 0.25) is 0 Å². The summed E-state index contributed by atoms with van der Waals surface area (Å²) in [6, 6.07) is 4.50. The zero-order valence-electron chi connectivity index (χ0n) is 12.9. The highest BCUT2D eigenvalue weighted by Gasteiger charge is 2.22. The highest BCUT2D eigenvalue weighted by molar-refractivity contribution is 5.75. The van der Waals surface area contributed by atoms with E-state index in [4.69, 9.17) is 4.74 Å². The van der Waals surface area contributed by atoms with Gasteiger partial charge in [-0.1, -0.05) is 0 Å². The summed E-state index contributed by atoms with van der Waals surface area (Å²) in [7, 11) is 1.60. The maximum atomic E-state index is 9.19. The molecule has 23 heavy (non-hydrogen) atoms. The maximum absolute atomic E-state index is 9.19. The second kappa shape index (κ2) is 5.11. The molecular weight excluding hydrogens is 292 g/mol. The first-order chi connectivity index (χ1) is 11.2. The monoisotopic (exact) mass is 308 g/mol. The number of nitrogens with zero attached hydrogens (tertiary/aromatic N) is 5. The van der Waals surface area contributed by atoms with Gasteiger partial charge in [-0.05, 0) is 13.0 Å². The Morgan fingerprint density at radius 2 is 2.22 bits per heavy atom. The Kier molecular flexibility index (Phi) is 3.06. The Morgan fingerprint density at radius 1 is 1.39 bits per heavy atom. The van der Waals surface area contributed by atoms with Crippen molar-refractivity contribution in [3.63, 3.8) is 0 Å². The normalized spacial score (nSPS) is 14.7. The number of hydrogen-bond acceptors (Lipinski definition) is 5. The lowest BCUT2D eigenvalue weighted by Gasteiger charge is -2.27. The van der Waals surface area contributed by atoms with Crippen LogP contribution in [0, 0.1) is 18.3 Å². The fourth-order valence-electron chi connectivity index (χ4n) is 2.88. The van der Waals surface area contributed by atoms with Gasteiger partial charge in [-0.15, -0.1) is 0 Å². The van der Waals surface area contributed by atoms with Gasteiger partial charge < -0.3 is 10.1 Å². The second-order valence-corrected chi connectivity index (χ2v) is 5.68. The fraction of sp³-hybridized carbons (Fsp3) is 0.312. The van der Waals surface area contributed by atoms with Gasteiger partial charge in [0.05, 0.1) is 25.0 Å². The minimum atomic E-state index is 0.419. The third kappa shape index (κ3) is 2.07. The molecule has 1 N–H and O–H groups in total. The first kappa shape index (κ1) is 13.8. The van der Waals surface area contributed by atoms with Crippen molar-refractivity contribution < 1.29 is 4.74 Å². The van der Waals surface area contributed by atoms with Crippen LogP contribution < -0.4 is 10.1 Å². The van der Waals surface area contributed by atoms with E-state index >= 15 is 0 Å². The van der Waals surface area contributed by atoms with Crippen LogP contribution in [-0.4, -0.2) is 39.6 Å². The number of hydrogen-bond donors (Lipinski definition) is 1. The van der Waals surface area contributed by atoms with Gasteiger partial charge in [0, 0.05) is 36.6 Å². The Bertz CT molecular complexity index is 928. The molecule has 0 bridgehead atoms. The second-order valence-electron chi connectivity index (χ2n) is 5.68. The Morgan fingerprint density at radius 3 is 2.87 bits per heavy atom. The van der Waals surface area contributed by atoms with Gasteiger partial charge >= 0.3 is 0 Å². The molecule has 116 valence electrons. The highest BCUT2D eigenvalue weighted by atomic mass is 16.5. The average molecular weight is 308 g/mol. The number of nitriles is 1. The summed E-state index contributed by atoms with van der Waals surface area (Å²) in [5, 5.41) is 21.3. The van der Waals surface area contributed by atoms with Crippen molar-refractivity contribution in [1.82, 2.24) is 24.7 Å². The van der Waals surface area contributed by atoms with Crippen molar-refractivity contribution in [3.05, 3.63) is 35.9 Å². The van der Waals surface area contributed by atoms with Crippen molar-refractivity contribution >= 4 is 5.52 Å². The zero-order chi connectivity index (χ0) is 16.0. The summed E-state index contributed by atoms with van der Waals surface area (Å²) in [5.41, 5.74) is 4.17. The lowest BCUT2D eigenvalue weighted by atomic mass is 10.1. The van der Waals surface area contributed by atoms with E-state index in [-0.39, 0.29) is 0 Å². The molecule has 7 heteroatoms. The smallest absolute Gasteiger partial charge is 0.146 e. The molecule has 0 aromatic carbocycles. The number of nitrogens with one attached hydrogen (secondary N) is 1. The molecule has 7 nitrogen and oxygen atoms in total. The molecule has 0 spiro atoms. The van der Waals surface area contributed by atoms with Gasteiger partial charge in [0.25, 0.3) is 0 Å². The summed E-state index contributed by atoms with van der Waals surface area (Å²) in [5.74, 6) is 0.633. The number of pyridine rings is 1. The molecule has 3 aromatic rings. The van der Waals surface area contributed by atoms with Crippen molar-refractivity contribution in [2.24, 2.45) is 0 Å². The maximum Gasteiger partial charge on any atom is 0.146 e. The molecule has 0 atom stereocenters. The molecule has 1 aliphatic rings. The molecular formula is C16H16N6O. The van der Waals surface area contributed by atoms with Gasteiger partial charge in [-0.2, -0.15) is 15.5 Å². The molecule has 1 aliphatic heterocycles. The molecule has 0 aliphatic carbocycles. The zero-order valence-corrected chi connectivity index (χ0v) is 12.9. The topological polar surface area (TPSA) is 80.2 Å². The van der Waals surface area contributed by atoms with E-state index in [0.29, 0.717) is 22.9 Å². The summed E-state index contributed by atoms with van der Waals surface area (Å²) in [4.78, 5) is 0. The Hall–Kier alpha value is -2.85. The van der Waals surface area contributed by atoms with Crippen molar-refractivity contribution in [2.75, 3.05) is 20.2 Å². The van der Waals surface area contributed by atoms with Crippen LogP contribution in [0.5, 0.6) is 5.75 Å². The number of ether oxygens (including phenoxy) is 1. The van der Waals surface area contributed by atoms with E-state index in [0.717, 1.165) is 29.9 Å². The average Bonchev–Trinajstić information content (AvgIpc) is 3.08. The number of methoxy groups -OCH3 is 1. The van der Waals surface area contributed by atoms with Crippen LogP contribution >= 0.6 is 0 Å². The van der Waals surface area contributed by atoms with E-state index in [1.807, 2.05) is 23.9 Å². The quantitative estimate of drug-likeness (QED) is 0.793. The third-order valence-electron chi connectivity index (χ3n) is 4.28. The lowest BCUT2D eigenvalue weighted by molar-refractivity contribution is 0.317. The fourth-order valence-corrected chi connectivity index (χ4v) is 2.88. The molecule has 0 saturated carbocycles. The van der Waals surface area contributed by atoms with Crippen LogP contribution in [0.15, 0.2) is 24.7 Å². The molecule has 0 radical (unpaired) electrons. The molecule has 4 rings (SSSR count). The summed E-state index contributed by atoms with van der Waals surface area (Å²) < 4.78 is 9.17. The van der Waals surface area contributed by atoms with Crippen LogP contribution in [0.4, 0.5) is 0 Å². The van der Waals surface area contributed by atoms with Crippen LogP contribution in [0.25, 0.3) is 16.6 Å². The molecule has 0 unspecified atom stereocenters. The summed E-state index contributed by atoms with van der Waals surface area (Å²) in [6.45, 7) is 3.90. The van der Waals surface area contributed by atoms with Gasteiger partial charge in [0.1, 0.15) is 22.9 Å². The van der Waals surface area contributed by atoms with Gasteiger partial charge in [-0.3, -0.25) is 4.68 Å². The number of aryl methyl sites for hydroxylation is 1.